The summed E-state index contributed by atoms with van der Waals surface area (Å²) >= 11 is 5.92. The molecule has 1 fully saturated rings. The van der Waals surface area contributed by atoms with Crippen LogP contribution in [0.3, 0.4) is 0 Å². The minimum Gasteiger partial charge on any atom is -0.466 e. The number of halogens is 1. The molecule has 0 aromatic heterocycles. The first-order valence-electron chi connectivity index (χ1n) is 7.98. The van der Waals surface area contributed by atoms with Crippen molar-refractivity contribution in [3.8, 4) is 0 Å². The van der Waals surface area contributed by atoms with Crippen molar-refractivity contribution in [3.63, 3.8) is 0 Å². The molecule has 2 rings (SSSR count). The van der Waals surface area contributed by atoms with Crippen LogP contribution in [0.25, 0.3) is 0 Å². The Balaban J connectivity index is 1.85. The normalized spacial score (nSPS) is 17.5. The molecule has 1 heterocycles. The number of nitrogens with one attached hydrogen (secondary N) is 1. The van der Waals surface area contributed by atoms with E-state index in [9.17, 15) is 9.59 Å². The summed E-state index contributed by atoms with van der Waals surface area (Å²) in [5.41, 5.74) is 0.691. The van der Waals surface area contributed by atoms with Gasteiger partial charge in [-0.3, -0.25) is 14.5 Å². The van der Waals surface area contributed by atoms with Crippen LogP contribution in [0.4, 0.5) is 5.69 Å². The zero-order chi connectivity index (χ0) is 16.8. The summed E-state index contributed by atoms with van der Waals surface area (Å²) in [5, 5.41) is 3.47. The summed E-state index contributed by atoms with van der Waals surface area (Å²) in [7, 11) is 0. The zero-order valence-corrected chi connectivity index (χ0v) is 14.3. The van der Waals surface area contributed by atoms with Crippen LogP contribution in [0.2, 0.25) is 5.02 Å². The summed E-state index contributed by atoms with van der Waals surface area (Å²) < 4.78 is 5.07. The fraction of sp³-hybridized carbons (Fsp3) is 0.529. The van der Waals surface area contributed by atoms with Crippen LogP contribution in [-0.2, 0) is 14.3 Å². The van der Waals surface area contributed by atoms with Crippen molar-refractivity contribution in [2.75, 3.05) is 25.0 Å². The maximum absolute atomic E-state index is 12.4. The number of amides is 1. The van der Waals surface area contributed by atoms with Gasteiger partial charge in [0.05, 0.1) is 18.6 Å². The van der Waals surface area contributed by atoms with Gasteiger partial charge in [-0.15, -0.1) is 0 Å². The monoisotopic (exact) mass is 338 g/mol. The van der Waals surface area contributed by atoms with Crippen molar-refractivity contribution < 1.29 is 14.3 Å². The lowest BCUT2D eigenvalue weighted by Crippen LogP contribution is -2.47. The molecule has 126 valence electrons. The molecule has 0 aliphatic carbocycles. The van der Waals surface area contributed by atoms with Gasteiger partial charge in [0, 0.05) is 10.7 Å². The van der Waals surface area contributed by atoms with Crippen LogP contribution in [0.5, 0.6) is 0 Å². The molecular formula is C17H23ClN2O3. The lowest BCUT2D eigenvalue weighted by Gasteiger charge is -2.34. The Morgan fingerprint density at radius 1 is 1.39 bits per heavy atom. The third-order valence-electron chi connectivity index (χ3n) is 4.17. The highest BCUT2D eigenvalue weighted by Crippen LogP contribution is 2.21. The molecule has 0 spiro atoms. The van der Waals surface area contributed by atoms with Gasteiger partial charge in [-0.2, -0.15) is 0 Å². The summed E-state index contributed by atoms with van der Waals surface area (Å²) in [6.45, 7) is 5.54. The van der Waals surface area contributed by atoms with Crippen molar-refractivity contribution in [2.45, 2.75) is 32.7 Å². The molecule has 0 unspecified atom stereocenters. The minimum atomic E-state index is -0.253. The van der Waals surface area contributed by atoms with Gasteiger partial charge in [0.15, 0.2) is 0 Å². The maximum atomic E-state index is 12.4. The van der Waals surface area contributed by atoms with E-state index in [2.05, 4.69) is 10.2 Å². The number of likely N-dealkylation sites (tertiary alicyclic amines) is 1. The third kappa shape index (κ3) is 4.94. The van der Waals surface area contributed by atoms with Crippen LogP contribution < -0.4 is 5.32 Å². The van der Waals surface area contributed by atoms with E-state index in [0.717, 1.165) is 12.8 Å². The molecule has 6 heteroatoms. The van der Waals surface area contributed by atoms with Crippen molar-refractivity contribution in [3.05, 3.63) is 29.3 Å². The van der Waals surface area contributed by atoms with E-state index in [-0.39, 0.29) is 23.8 Å². The number of hydrogen-bond acceptors (Lipinski definition) is 4. The molecule has 1 aliphatic rings. The zero-order valence-electron chi connectivity index (χ0n) is 13.5. The largest absolute Gasteiger partial charge is 0.466 e. The number of hydrogen-bond donors (Lipinski definition) is 1. The van der Waals surface area contributed by atoms with E-state index in [1.165, 1.54) is 0 Å². The number of carbonyl (C=O) groups is 2. The Labute approximate surface area is 141 Å². The molecule has 0 bridgehead atoms. The van der Waals surface area contributed by atoms with Gasteiger partial charge in [-0.05, 0) is 58.0 Å². The highest BCUT2D eigenvalue weighted by Gasteiger charge is 2.30. The maximum Gasteiger partial charge on any atom is 0.309 e. The third-order valence-corrected chi connectivity index (χ3v) is 4.40. The van der Waals surface area contributed by atoms with Crippen LogP contribution in [0, 0.1) is 5.92 Å². The first-order valence-corrected chi connectivity index (χ1v) is 8.36. The Morgan fingerprint density at radius 2 is 2.09 bits per heavy atom. The number of piperidine rings is 1. The summed E-state index contributed by atoms with van der Waals surface area (Å²) in [6, 6.07) is 6.84. The SMILES string of the molecule is CCOC(=O)C1CCN([C@H](C)C(=O)Nc2cccc(Cl)c2)CC1. The average molecular weight is 339 g/mol. The van der Waals surface area contributed by atoms with Crippen LogP contribution in [0.1, 0.15) is 26.7 Å². The second-order valence-corrected chi connectivity index (χ2v) is 6.17. The molecule has 1 aromatic rings. The fourth-order valence-electron chi connectivity index (χ4n) is 2.76. The number of benzene rings is 1. The molecule has 1 aliphatic heterocycles. The molecule has 5 nitrogen and oxygen atoms in total. The van der Waals surface area contributed by atoms with Gasteiger partial charge < -0.3 is 10.1 Å². The quantitative estimate of drug-likeness (QED) is 0.839. The lowest BCUT2D eigenvalue weighted by atomic mass is 9.96. The first kappa shape index (κ1) is 17.8. The van der Waals surface area contributed by atoms with E-state index in [1.54, 1.807) is 18.2 Å². The van der Waals surface area contributed by atoms with E-state index >= 15 is 0 Å². The van der Waals surface area contributed by atoms with Crippen LogP contribution in [0.15, 0.2) is 24.3 Å². The summed E-state index contributed by atoms with van der Waals surface area (Å²) in [4.78, 5) is 26.2. The van der Waals surface area contributed by atoms with E-state index < -0.39 is 0 Å². The standard InChI is InChI=1S/C17H23ClN2O3/c1-3-23-17(22)13-7-9-20(10-8-13)12(2)16(21)19-15-6-4-5-14(18)11-15/h4-6,11-13H,3,7-10H2,1-2H3,(H,19,21)/t12-/m1/s1. The van der Waals surface area contributed by atoms with Crippen molar-refractivity contribution in [1.29, 1.82) is 0 Å². The van der Waals surface area contributed by atoms with Gasteiger partial charge in [0.1, 0.15) is 0 Å². The fourth-order valence-corrected chi connectivity index (χ4v) is 2.95. The molecule has 1 N–H and O–H groups in total. The Morgan fingerprint density at radius 3 is 2.70 bits per heavy atom. The highest BCUT2D eigenvalue weighted by molar-refractivity contribution is 6.30. The number of nitrogens with zero attached hydrogens (tertiary/aromatic N) is 1. The number of ether oxygens (including phenoxy) is 1. The first-order chi connectivity index (χ1) is 11.0. The van der Waals surface area contributed by atoms with Crippen molar-refractivity contribution in [2.24, 2.45) is 5.92 Å². The van der Waals surface area contributed by atoms with Gasteiger partial charge in [0.25, 0.3) is 0 Å². The topological polar surface area (TPSA) is 58.6 Å². The molecule has 1 amide bonds. The number of anilines is 1. The van der Waals surface area contributed by atoms with E-state index in [0.29, 0.717) is 30.4 Å². The number of carbonyl (C=O) groups excluding carboxylic acids is 2. The molecule has 0 radical (unpaired) electrons. The van der Waals surface area contributed by atoms with Crippen molar-refractivity contribution >= 4 is 29.2 Å². The molecule has 23 heavy (non-hydrogen) atoms. The lowest BCUT2D eigenvalue weighted by molar-refractivity contribution is -0.149. The van der Waals surface area contributed by atoms with Crippen LogP contribution >= 0.6 is 11.6 Å². The molecule has 1 saturated heterocycles. The molecule has 0 saturated carbocycles. The van der Waals surface area contributed by atoms with Crippen LogP contribution in [-0.4, -0.2) is 42.5 Å². The molecule has 1 aromatic carbocycles. The average Bonchev–Trinajstić information content (AvgIpc) is 2.54. The van der Waals surface area contributed by atoms with Gasteiger partial charge in [-0.1, -0.05) is 17.7 Å². The smallest absolute Gasteiger partial charge is 0.309 e. The van der Waals surface area contributed by atoms with Gasteiger partial charge in [0.2, 0.25) is 5.91 Å². The molecule has 1 atom stereocenters. The second kappa shape index (κ2) is 8.31. The predicted molar refractivity (Wildman–Crippen MR) is 90.5 cm³/mol. The molecular weight excluding hydrogens is 316 g/mol. The van der Waals surface area contributed by atoms with Crippen molar-refractivity contribution in [1.82, 2.24) is 4.90 Å². The Kier molecular flexibility index (Phi) is 6.42. The van der Waals surface area contributed by atoms with E-state index in [1.807, 2.05) is 19.9 Å². The minimum absolute atomic E-state index is 0.0469. The summed E-state index contributed by atoms with van der Waals surface area (Å²) in [5.74, 6) is -0.237. The van der Waals surface area contributed by atoms with Gasteiger partial charge in [-0.25, -0.2) is 0 Å². The highest BCUT2D eigenvalue weighted by atomic mass is 35.5. The Hall–Kier alpha value is -1.59. The number of esters is 1. The predicted octanol–water partition coefficient (Wildman–Crippen LogP) is 2.94. The Bertz CT molecular complexity index is 557. The van der Waals surface area contributed by atoms with Gasteiger partial charge >= 0.3 is 5.97 Å². The second-order valence-electron chi connectivity index (χ2n) is 5.74. The summed E-state index contributed by atoms with van der Waals surface area (Å²) in [6.07, 6.45) is 1.46. The number of rotatable bonds is 5. The van der Waals surface area contributed by atoms with E-state index in [4.69, 9.17) is 16.3 Å².